The Balaban J connectivity index is 2.86. The van der Waals surface area contributed by atoms with Crippen molar-refractivity contribution in [3.05, 3.63) is 24.0 Å². The first-order valence-electron chi connectivity index (χ1n) is 3.37. The van der Waals surface area contributed by atoms with Crippen LogP contribution >= 0.6 is 0 Å². The van der Waals surface area contributed by atoms with Crippen molar-refractivity contribution in [1.82, 2.24) is 9.97 Å². The molecular formula is C8H5N3O. The molecule has 0 bridgehead atoms. The molecule has 4 nitrogen and oxygen atoms in total. The van der Waals surface area contributed by atoms with Gasteiger partial charge in [0.1, 0.15) is 11.3 Å². The number of hydrogen-bond donors (Lipinski definition) is 2. The fraction of sp³-hybridized carbons (Fsp3) is 0. The zero-order valence-corrected chi connectivity index (χ0v) is 6.07. The molecule has 0 atom stereocenters. The van der Waals surface area contributed by atoms with Crippen LogP contribution in [0.15, 0.2) is 18.5 Å². The van der Waals surface area contributed by atoms with Crippen LogP contribution in [0.1, 0.15) is 5.56 Å². The lowest BCUT2D eigenvalue weighted by molar-refractivity contribution is 0.480. The number of rotatable bonds is 0. The molecule has 2 aromatic rings. The Kier molecular flexibility index (Phi) is 1.25. The lowest BCUT2D eigenvalue weighted by Crippen LogP contribution is -1.76. The minimum absolute atomic E-state index is 0.0327. The van der Waals surface area contributed by atoms with Crippen LogP contribution in [-0.4, -0.2) is 15.1 Å². The summed E-state index contributed by atoms with van der Waals surface area (Å²) >= 11 is 0. The number of nitriles is 1. The standard InChI is InChI=1S/C8H5N3O/c9-3-5-1-6-8(7(12)2-5)11-4-10-6/h1-2,4,12H,(H,10,11). The molecule has 2 N–H and O–H groups in total. The Labute approximate surface area is 68.1 Å². The predicted octanol–water partition coefficient (Wildman–Crippen LogP) is 1.14. The van der Waals surface area contributed by atoms with E-state index in [2.05, 4.69) is 9.97 Å². The number of fused-ring (bicyclic) bond motifs is 1. The molecule has 0 aliphatic carbocycles. The second-order valence-corrected chi connectivity index (χ2v) is 2.41. The van der Waals surface area contributed by atoms with E-state index in [4.69, 9.17) is 5.26 Å². The third-order valence-electron chi connectivity index (χ3n) is 1.63. The number of benzene rings is 1. The largest absolute Gasteiger partial charge is 0.506 e. The van der Waals surface area contributed by atoms with Gasteiger partial charge in [-0.25, -0.2) is 4.98 Å². The maximum absolute atomic E-state index is 9.34. The molecule has 0 aliphatic heterocycles. The van der Waals surface area contributed by atoms with Crippen LogP contribution in [-0.2, 0) is 0 Å². The Morgan fingerprint density at radius 3 is 3.08 bits per heavy atom. The van der Waals surface area contributed by atoms with Gasteiger partial charge in [0.15, 0.2) is 0 Å². The van der Waals surface area contributed by atoms with Crippen LogP contribution in [0.25, 0.3) is 11.0 Å². The van der Waals surface area contributed by atoms with Crippen molar-refractivity contribution in [1.29, 1.82) is 5.26 Å². The van der Waals surface area contributed by atoms with Gasteiger partial charge in [0.2, 0.25) is 0 Å². The van der Waals surface area contributed by atoms with Gasteiger partial charge in [-0.15, -0.1) is 0 Å². The first-order chi connectivity index (χ1) is 5.81. The maximum atomic E-state index is 9.34. The van der Waals surface area contributed by atoms with Gasteiger partial charge in [0, 0.05) is 6.07 Å². The van der Waals surface area contributed by atoms with Crippen LogP contribution in [0, 0.1) is 11.3 Å². The summed E-state index contributed by atoms with van der Waals surface area (Å²) in [6.07, 6.45) is 1.48. The molecule has 12 heavy (non-hydrogen) atoms. The summed E-state index contributed by atoms with van der Waals surface area (Å²) in [5.74, 6) is 0.0327. The quantitative estimate of drug-likeness (QED) is 0.605. The van der Waals surface area contributed by atoms with E-state index in [1.54, 1.807) is 6.07 Å². The molecule has 0 unspecified atom stereocenters. The predicted molar refractivity (Wildman–Crippen MR) is 42.5 cm³/mol. The summed E-state index contributed by atoms with van der Waals surface area (Å²) in [6.45, 7) is 0. The van der Waals surface area contributed by atoms with Crippen molar-refractivity contribution in [2.45, 2.75) is 0 Å². The number of nitrogens with zero attached hydrogens (tertiary/aromatic N) is 2. The molecule has 1 aromatic heterocycles. The van der Waals surface area contributed by atoms with Crippen molar-refractivity contribution >= 4 is 11.0 Å². The molecule has 0 saturated heterocycles. The van der Waals surface area contributed by atoms with Crippen molar-refractivity contribution in [3.63, 3.8) is 0 Å². The third-order valence-corrected chi connectivity index (χ3v) is 1.63. The summed E-state index contributed by atoms with van der Waals surface area (Å²) in [7, 11) is 0. The first kappa shape index (κ1) is 6.68. The number of hydrogen-bond acceptors (Lipinski definition) is 3. The van der Waals surface area contributed by atoms with Gasteiger partial charge in [-0.05, 0) is 6.07 Å². The summed E-state index contributed by atoms with van der Waals surface area (Å²) in [4.78, 5) is 6.69. The lowest BCUT2D eigenvalue weighted by atomic mass is 10.2. The number of aromatic nitrogens is 2. The first-order valence-corrected chi connectivity index (χ1v) is 3.37. The monoisotopic (exact) mass is 159 g/mol. The van der Waals surface area contributed by atoms with Gasteiger partial charge in [-0.1, -0.05) is 0 Å². The van der Waals surface area contributed by atoms with Gasteiger partial charge in [-0.3, -0.25) is 0 Å². The summed E-state index contributed by atoms with van der Waals surface area (Å²) in [6, 6.07) is 4.97. The van der Waals surface area contributed by atoms with Crippen LogP contribution in [0.3, 0.4) is 0 Å². The fourth-order valence-electron chi connectivity index (χ4n) is 1.10. The van der Waals surface area contributed by atoms with E-state index >= 15 is 0 Å². The second kappa shape index (κ2) is 2.24. The highest BCUT2D eigenvalue weighted by Crippen LogP contribution is 2.22. The van der Waals surface area contributed by atoms with E-state index in [0.717, 1.165) is 0 Å². The van der Waals surface area contributed by atoms with E-state index in [1.807, 2.05) is 6.07 Å². The molecule has 58 valence electrons. The second-order valence-electron chi connectivity index (χ2n) is 2.41. The molecule has 0 saturated carbocycles. The molecule has 4 heteroatoms. The number of phenolic OH excluding ortho intramolecular Hbond substituents is 1. The van der Waals surface area contributed by atoms with E-state index in [9.17, 15) is 5.11 Å². The van der Waals surface area contributed by atoms with Gasteiger partial charge >= 0.3 is 0 Å². The molecule has 0 fully saturated rings. The molecule has 2 rings (SSSR count). The summed E-state index contributed by atoms with van der Waals surface area (Å²) < 4.78 is 0. The van der Waals surface area contributed by atoms with E-state index < -0.39 is 0 Å². The SMILES string of the molecule is N#Cc1cc(O)c2nc[nH]c2c1. The molecular weight excluding hydrogens is 154 g/mol. The topological polar surface area (TPSA) is 72.7 Å². The molecule has 0 radical (unpaired) electrons. The maximum Gasteiger partial charge on any atom is 0.144 e. The molecule has 0 spiro atoms. The van der Waals surface area contributed by atoms with Crippen molar-refractivity contribution in [2.75, 3.05) is 0 Å². The summed E-state index contributed by atoms with van der Waals surface area (Å²) in [5, 5.41) is 17.9. The number of aromatic amines is 1. The highest BCUT2D eigenvalue weighted by molar-refractivity contribution is 5.82. The molecule has 1 heterocycles. The van der Waals surface area contributed by atoms with Crippen molar-refractivity contribution < 1.29 is 5.11 Å². The Bertz CT molecular complexity index is 467. The smallest absolute Gasteiger partial charge is 0.144 e. The zero-order chi connectivity index (χ0) is 8.55. The van der Waals surface area contributed by atoms with Crippen LogP contribution in [0.2, 0.25) is 0 Å². The van der Waals surface area contributed by atoms with Crippen molar-refractivity contribution in [2.24, 2.45) is 0 Å². The average Bonchev–Trinajstić information content (AvgIpc) is 2.52. The number of H-pyrrole nitrogens is 1. The number of phenols is 1. The molecule has 0 aliphatic rings. The zero-order valence-electron chi connectivity index (χ0n) is 6.07. The Morgan fingerprint density at radius 1 is 1.50 bits per heavy atom. The fourth-order valence-corrected chi connectivity index (χ4v) is 1.10. The third kappa shape index (κ3) is 0.805. The molecule has 0 amide bonds. The summed E-state index contributed by atoms with van der Waals surface area (Å²) in [5.41, 5.74) is 1.59. The molecule has 1 aromatic carbocycles. The van der Waals surface area contributed by atoms with Gasteiger partial charge < -0.3 is 10.1 Å². The number of aromatic hydroxyl groups is 1. The average molecular weight is 159 g/mol. The van der Waals surface area contributed by atoms with E-state index in [1.165, 1.54) is 12.4 Å². The van der Waals surface area contributed by atoms with Gasteiger partial charge in [-0.2, -0.15) is 5.26 Å². The minimum Gasteiger partial charge on any atom is -0.506 e. The Morgan fingerprint density at radius 2 is 2.33 bits per heavy atom. The number of imidazole rings is 1. The van der Waals surface area contributed by atoms with Gasteiger partial charge in [0.25, 0.3) is 0 Å². The highest BCUT2D eigenvalue weighted by atomic mass is 16.3. The van der Waals surface area contributed by atoms with Crippen LogP contribution in [0.5, 0.6) is 5.75 Å². The number of nitrogens with one attached hydrogen (secondary N) is 1. The normalized spacial score (nSPS) is 9.92. The van der Waals surface area contributed by atoms with Crippen LogP contribution < -0.4 is 0 Å². The van der Waals surface area contributed by atoms with E-state index in [-0.39, 0.29) is 5.75 Å². The van der Waals surface area contributed by atoms with Crippen LogP contribution in [0.4, 0.5) is 0 Å². The van der Waals surface area contributed by atoms with Crippen molar-refractivity contribution in [3.8, 4) is 11.8 Å². The Hall–Kier alpha value is -2.02. The highest BCUT2D eigenvalue weighted by Gasteiger charge is 2.03. The van der Waals surface area contributed by atoms with E-state index in [0.29, 0.717) is 16.6 Å². The van der Waals surface area contributed by atoms with Gasteiger partial charge in [0.05, 0.1) is 23.5 Å². The minimum atomic E-state index is 0.0327. The lowest BCUT2D eigenvalue weighted by Gasteiger charge is -1.93.